The van der Waals surface area contributed by atoms with Crippen LogP contribution in [0.25, 0.3) is 10.9 Å². The summed E-state index contributed by atoms with van der Waals surface area (Å²) >= 11 is 0. The Bertz CT molecular complexity index is 772. The summed E-state index contributed by atoms with van der Waals surface area (Å²) in [6, 6.07) is 4.93. The SMILES string of the molecule is Cn1nccc1/N=N/c1c(O)c(O)cc2cc[nH]c12. The van der Waals surface area contributed by atoms with Gasteiger partial charge in [-0.3, -0.25) is 0 Å². The van der Waals surface area contributed by atoms with Crippen LogP contribution >= 0.6 is 0 Å². The number of benzene rings is 1. The molecule has 0 aliphatic carbocycles. The molecule has 0 aliphatic heterocycles. The minimum Gasteiger partial charge on any atom is -0.504 e. The van der Waals surface area contributed by atoms with Gasteiger partial charge in [-0.25, -0.2) is 4.68 Å². The average molecular weight is 257 g/mol. The van der Waals surface area contributed by atoms with Crippen molar-refractivity contribution in [3.05, 3.63) is 30.6 Å². The summed E-state index contributed by atoms with van der Waals surface area (Å²) in [5.74, 6) is 0.00868. The van der Waals surface area contributed by atoms with Crippen molar-refractivity contribution in [3.63, 3.8) is 0 Å². The number of aromatic nitrogens is 3. The molecule has 0 spiro atoms. The van der Waals surface area contributed by atoms with Crippen LogP contribution in [0.3, 0.4) is 0 Å². The topological polar surface area (TPSA) is 98.8 Å². The number of aryl methyl sites for hydroxylation is 1. The van der Waals surface area contributed by atoms with E-state index < -0.39 is 0 Å². The number of phenolic OH excluding ortho intramolecular Hbond substituents is 2. The van der Waals surface area contributed by atoms with Gasteiger partial charge in [0.05, 0.1) is 11.7 Å². The maximum absolute atomic E-state index is 9.87. The zero-order valence-corrected chi connectivity index (χ0v) is 10.1. The van der Waals surface area contributed by atoms with E-state index in [2.05, 4.69) is 20.3 Å². The van der Waals surface area contributed by atoms with Crippen LogP contribution in [-0.4, -0.2) is 25.0 Å². The number of azo groups is 1. The molecule has 3 aromatic rings. The number of aromatic hydroxyl groups is 2. The molecule has 0 bridgehead atoms. The zero-order valence-electron chi connectivity index (χ0n) is 10.1. The van der Waals surface area contributed by atoms with Gasteiger partial charge in [0.2, 0.25) is 0 Å². The molecule has 0 saturated heterocycles. The quantitative estimate of drug-likeness (QED) is 0.486. The lowest BCUT2D eigenvalue weighted by atomic mass is 10.2. The van der Waals surface area contributed by atoms with Gasteiger partial charge in [-0.05, 0) is 12.1 Å². The van der Waals surface area contributed by atoms with Crippen LogP contribution in [0.1, 0.15) is 0 Å². The standard InChI is InChI=1S/C12H11N5O2/c1-17-9(3-5-14-17)15-16-11-10-7(2-4-13-10)6-8(18)12(11)19/h2-6,13,18-19H,1H3/b16-15+. The molecule has 0 saturated carbocycles. The lowest BCUT2D eigenvalue weighted by Gasteiger charge is -2.02. The number of aromatic amines is 1. The van der Waals surface area contributed by atoms with Crippen molar-refractivity contribution >= 4 is 22.4 Å². The molecule has 7 nitrogen and oxygen atoms in total. The maximum Gasteiger partial charge on any atom is 0.187 e. The number of hydrogen-bond acceptors (Lipinski definition) is 5. The molecular weight excluding hydrogens is 246 g/mol. The first-order chi connectivity index (χ1) is 9.16. The number of H-pyrrole nitrogens is 1. The minimum atomic E-state index is -0.305. The smallest absolute Gasteiger partial charge is 0.187 e. The summed E-state index contributed by atoms with van der Waals surface area (Å²) in [5.41, 5.74) is 0.808. The molecule has 0 atom stereocenters. The molecule has 1 aromatic carbocycles. The monoisotopic (exact) mass is 257 g/mol. The second-order valence-electron chi connectivity index (χ2n) is 4.05. The van der Waals surface area contributed by atoms with E-state index in [1.54, 1.807) is 36.3 Å². The van der Waals surface area contributed by atoms with E-state index in [4.69, 9.17) is 0 Å². The van der Waals surface area contributed by atoms with E-state index in [0.29, 0.717) is 11.3 Å². The van der Waals surface area contributed by atoms with Gasteiger partial charge in [0.15, 0.2) is 23.0 Å². The van der Waals surface area contributed by atoms with Crippen molar-refractivity contribution in [1.29, 1.82) is 0 Å². The first kappa shape index (κ1) is 11.3. The molecule has 7 heteroatoms. The van der Waals surface area contributed by atoms with Crippen molar-refractivity contribution in [2.45, 2.75) is 0 Å². The van der Waals surface area contributed by atoms with Crippen molar-refractivity contribution in [2.75, 3.05) is 0 Å². The van der Waals surface area contributed by atoms with Gasteiger partial charge in [-0.1, -0.05) is 0 Å². The van der Waals surface area contributed by atoms with Gasteiger partial charge in [0.25, 0.3) is 0 Å². The Morgan fingerprint density at radius 3 is 2.84 bits per heavy atom. The van der Waals surface area contributed by atoms with Gasteiger partial charge in [0.1, 0.15) is 0 Å². The largest absolute Gasteiger partial charge is 0.504 e. The summed E-state index contributed by atoms with van der Waals surface area (Å²) in [4.78, 5) is 2.95. The second-order valence-corrected chi connectivity index (χ2v) is 4.05. The Kier molecular flexibility index (Phi) is 2.45. The van der Waals surface area contributed by atoms with Crippen LogP contribution in [0.4, 0.5) is 11.5 Å². The molecule has 19 heavy (non-hydrogen) atoms. The lowest BCUT2D eigenvalue weighted by Crippen LogP contribution is -1.87. The third kappa shape index (κ3) is 1.81. The van der Waals surface area contributed by atoms with Crippen LogP contribution in [0.5, 0.6) is 11.5 Å². The highest BCUT2D eigenvalue weighted by Crippen LogP contribution is 2.41. The number of phenols is 2. The fourth-order valence-corrected chi connectivity index (χ4v) is 1.83. The normalized spacial score (nSPS) is 11.6. The Hall–Kier alpha value is -2.83. The van der Waals surface area contributed by atoms with E-state index in [9.17, 15) is 10.2 Å². The Labute approximate surface area is 107 Å². The Morgan fingerprint density at radius 2 is 2.11 bits per heavy atom. The third-order valence-electron chi connectivity index (χ3n) is 2.82. The predicted molar refractivity (Wildman–Crippen MR) is 69.0 cm³/mol. The Morgan fingerprint density at radius 1 is 1.26 bits per heavy atom. The average Bonchev–Trinajstić information content (AvgIpc) is 2.99. The Balaban J connectivity index is 2.14. The number of hydrogen-bond donors (Lipinski definition) is 3. The van der Waals surface area contributed by atoms with Gasteiger partial charge < -0.3 is 15.2 Å². The lowest BCUT2D eigenvalue weighted by molar-refractivity contribution is 0.405. The van der Waals surface area contributed by atoms with Crippen molar-refractivity contribution in [1.82, 2.24) is 14.8 Å². The van der Waals surface area contributed by atoms with E-state index in [1.165, 1.54) is 6.07 Å². The fourth-order valence-electron chi connectivity index (χ4n) is 1.83. The summed E-state index contributed by atoms with van der Waals surface area (Å²) in [6.07, 6.45) is 3.30. The molecule has 3 rings (SSSR count). The number of nitrogens with zero attached hydrogens (tertiary/aromatic N) is 4. The van der Waals surface area contributed by atoms with Crippen LogP contribution < -0.4 is 0 Å². The van der Waals surface area contributed by atoms with Crippen molar-refractivity contribution < 1.29 is 10.2 Å². The highest BCUT2D eigenvalue weighted by Gasteiger charge is 2.13. The summed E-state index contributed by atoms with van der Waals surface area (Å²) in [7, 11) is 1.74. The number of rotatable bonds is 2. The van der Waals surface area contributed by atoms with Crippen LogP contribution in [0, 0.1) is 0 Å². The minimum absolute atomic E-state index is 0.196. The second kappa shape index (κ2) is 4.13. The van der Waals surface area contributed by atoms with Gasteiger partial charge in [0, 0.05) is 24.7 Å². The van der Waals surface area contributed by atoms with Gasteiger partial charge in [-0.15, -0.1) is 10.2 Å². The fraction of sp³-hybridized carbons (Fsp3) is 0.0833. The summed E-state index contributed by atoms with van der Waals surface area (Å²) in [6.45, 7) is 0. The number of fused-ring (bicyclic) bond motifs is 1. The maximum atomic E-state index is 9.87. The van der Waals surface area contributed by atoms with E-state index in [1.807, 2.05) is 0 Å². The molecule has 0 radical (unpaired) electrons. The molecule has 0 amide bonds. The van der Waals surface area contributed by atoms with Gasteiger partial charge >= 0.3 is 0 Å². The molecule has 96 valence electrons. The first-order valence-corrected chi connectivity index (χ1v) is 5.58. The van der Waals surface area contributed by atoms with E-state index in [-0.39, 0.29) is 17.2 Å². The summed E-state index contributed by atoms with van der Waals surface area (Å²) < 4.78 is 1.55. The van der Waals surface area contributed by atoms with Crippen LogP contribution in [0.2, 0.25) is 0 Å². The predicted octanol–water partition coefficient (Wildman–Crippen LogP) is 2.73. The van der Waals surface area contributed by atoms with Crippen molar-refractivity contribution in [3.8, 4) is 11.5 Å². The molecule has 0 fully saturated rings. The van der Waals surface area contributed by atoms with Crippen LogP contribution in [0.15, 0.2) is 40.8 Å². The van der Waals surface area contributed by atoms with Gasteiger partial charge in [-0.2, -0.15) is 5.10 Å². The molecule has 2 aromatic heterocycles. The third-order valence-corrected chi connectivity index (χ3v) is 2.82. The highest BCUT2D eigenvalue weighted by molar-refractivity contribution is 5.94. The van der Waals surface area contributed by atoms with Crippen molar-refractivity contribution in [2.24, 2.45) is 17.3 Å². The molecular formula is C12H11N5O2. The van der Waals surface area contributed by atoms with E-state index >= 15 is 0 Å². The number of nitrogens with one attached hydrogen (secondary N) is 1. The van der Waals surface area contributed by atoms with E-state index in [0.717, 1.165) is 5.39 Å². The highest BCUT2D eigenvalue weighted by atomic mass is 16.3. The summed E-state index contributed by atoms with van der Waals surface area (Å²) in [5, 5.41) is 32.2. The molecule has 2 heterocycles. The first-order valence-electron chi connectivity index (χ1n) is 5.58. The molecule has 0 aliphatic rings. The zero-order chi connectivity index (χ0) is 13.4. The molecule has 0 unspecified atom stereocenters. The van der Waals surface area contributed by atoms with Crippen LogP contribution in [-0.2, 0) is 7.05 Å². The molecule has 3 N–H and O–H groups in total.